The van der Waals surface area contributed by atoms with Crippen LogP contribution in [0.2, 0.25) is 0 Å². The Morgan fingerprint density at radius 3 is 2.76 bits per heavy atom. The average molecular weight is 367 g/mol. The number of nitrogens with zero attached hydrogens (tertiary/aromatic N) is 1. The monoisotopic (exact) mass is 367 g/mol. The van der Waals surface area contributed by atoms with Crippen LogP contribution in [-0.2, 0) is 9.53 Å². The molecule has 2 atom stereocenters. The van der Waals surface area contributed by atoms with E-state index in [1.807, 2.05) is 6.92 Å². The number of hydrogen-bond donors (Lipinski definition) is 4. The zero-order valence-corrected chi connectivity index (χ0v) is 14.1. The first kappa shape index (κ1) is 17.2. The van der Waals surface area contributed by atoms with Crippen molar-refractivity contribution < 1.29 is 29.3 Å². The normalized spacial score (nSPS) is 24.3. The highest BCUT2D eigenvalue weighted by Crippen LogP contribution is 2.46. The molecule has 1 aromatic rings. The average Bonchev–Trinajstić information content (AvgIpc) is 2.85. The van der Waals surface area contributed by atoms with Gasteiger partial charge in [0.25, 0.3) is 5.91 Å². The number of β-lactam (4-membered cyclic amide) rings is 1. The Balaban J connectivity index is 1.44. The lowest BCUT2D eigenvalue weighted by atomic mass is 10.1. The van der Waals surface area contributed by atoms with Crippen LogP contribution in [-0.4, -0.2) is 56.3 Å². The van der Waals surface area contributed by atoms with Gasteiger partial charge in [-0.05, 0) is 25.1 Å². The van der Waals surface area contributed by atoms with E-state index < -0.39 is 17.7 Å². The minimum absolute atomic E-state index is 0.0526. The molecule has 2 fully saturated rings. The third-order valence-corrected chi connectivity index (χ3v) is 5.48. The molecule has 0 spiro atoms. The Hall–Kier alpha value is -2.62. The van der Waals surface area contributed by atoms with Crippen molar-refractivity contribution in [2.24, 2.45) is 0 Å². The number of nitrogens with one attached hydrogen (secondary N) is 2. The predicted octanol–water partition coefficient (Wildman–Crippen LogP) is 0.533. The van der Waals surface area contributed by atoms with E-state index in [4.69, 9.17) is 4.74 Å². The first-order chi connectivity index (χ1) is 11.8. The fraction of sp³-hybridized carbons (Fsp3) is 0.400. The van der Waals surface area contributed by atoms with E-state index in [0.717, 1.165) is 12.1 Å². The van der Waals surface area contributed by atoms with E-state index in [0.29, 0.717) is 13.0 Å². The molecule has 2 aliphatic rings. The van der Waals surface area contributed by atoms with Crippen LogP contribution in [0.4, 0.5) is 4.79 Å². The lowest BCUT2D eigenvalue weighted by Gasteiger charge is -2.32. The molecule has 0 aliphatic carbocycles. The molecule has 0 unspecified atom stereocenters. The first-order valence-electron chi connectivity index (χ1n) is 7.50. The van der Waals surface area contributed by atoms with Crippen molar-refractivity contribution >= 4 is 29.7 Å². The summed E-state index contributed by atoms with van der Waals surface area (Å²) in [5, 5.41) is 18.7. The SMILES string of the molecule is C[C@]1(COC(=O)NNC(=O)c2ccc(O)c(O)c2)CN2C(=O)C[C@H]2S1. The summed E-state index contributed by atoms with van der Waals surface area (Å²) in [5.74, 6) is -1.37. The number of thioether (sulfide) groups is 1. The molecule has 0 saturated carbocycles. The number of phenolic OH excluding ortho intramolecular Hbond substituents is 2. The van der Waals surface area contributed by atoms with Crippen LogP contribution >= 0.6 is 11.8 Å². The number of fused-ring (bicyclic) bond motifs is 1. The van der Waals surface area contributed by atoms with Gasteiger partial charge in [0.2, 0.25) is 5.91 Å². The molecule has 25 heavy (non-hydrogen) atoms. The van der Waals surface area contributed by atoms with E-state index in [1.165, 1.54) is 6.07 Å². The highest BCUT2D eigenvalue weighted by Gasteiger charge is 2.50. The number of hydrazine groups is 1. The molecule has 0 bridgehead atoms. The number of carbonyl (C=O) groups is 3. The Morgan fingerprint density at radius 2 is 2.12 bits per heavy atom. The molecule has 3 rings (SSSR count). The van der Waals surface area contributed by atoms with Gasteiger partial charge in [0, 0.05) is 12.1 Å². The number of carbonyl (C=O) groups excluding carboxylic acids is 3. The van der Waals surface area contributed by atoms with Crippen LogP contribution in [0.3, 0.4) is 0 Å². The van der Waals surface area contributed by atoms with E-state index in [9.17, 15) is 24.6 Å². The largest absolute Gasteiger partial charge is 0.504 e. The van der Waals surface area contributed by atoms with Crippen molar-refractivity contribution in [3.63, 3.8) is 0 Å². The number of hydrogen-bond acceptors (Lipinski definition) is 7. The Morgan fingerprint density at radius 1 is 1.36 bits per heavy atom. The van der Waals surface area contributed by atoms with Gasteiger partial charge in [-0.3, -0.25) is 15.0 Å². The highest BCUT2D eigenvalue weighted by molar-refractivity contribution is 8.01. The zero-order valence-electron chi connectivity index (χ0n) is 13.3. The fourth-order valence-corrected chi connectivity index (χ4v) is 4.17. The molecule has 2 heterocycles. The van der Waals surface area contributed by atoms with Gasteiger partial charge in [0.05, 0.1) is 16.5 Å². The predicted molar refractivity (Wildman–Crippen MR) is 87.8 cm³/mol. The summed E-state index contributed by atoms with van der Waals surface area (Å²) in [6.07, 6.45) is -0.319. The van der Waals surface area contributed by atoms with Crippen LogP contribution in [0.5, 0.6) is 11.5 Å². The summed E-state index contributed by atoms with van der Waals surface area (Å²) in [7, 11) is 0. The van der Waals surface area contributed by atoms with E-state index in [1.54, 1.807) is 16.7 Å². The van der Waals surface area contributed by atoms with E-state index in [-0.39, 0.29) is 33.9 Å². The van der Waals surface area contributed by atoms with Gasteiger partial charge >= 0.3 is 6.09 Å². The molecule has 4 N–H and O–H groups in total. The Labute approximate surface area is 147 Å². The molecule has 1 aromatic carbocycles. The topological polar surface area (TPSA) is 128 Å². The summed E-state index contributed by atoms with van der Waals surface area (Å²) in [6, 6.07) is 3.51. The van der Waals surface area contributed by atoms with Gasteiger partial charge in [-0.25, -0.2) is 10.2 Å². The maximum absolute atomic E-state index is 11.8. The van der Waals surface area contributed by atoms with Crippen LogP contribution in [0.1, 0.15) is 23.7 Å². The second kappa shape index (κ2) is 6.36. The molecule has 2 saturated heterocycles. The van der Waals surface area contributed by atoms with Crippen molar-refractivity contribution in [1.82, 2.24) is 15.8 Å². The molecule has 9 nitrogen and oxygen atoms in total. The molecular formula is C15H17N3O6S. The smallest absolute Gasteiger partial charge is 0.426 e. The van der Waals surface area contributed by atoms with Crippen molar-refractivity contribution in [2.75, 3.05) is 13.2 Å². The van der Waals surface area contributed by atoms with Gasteiger partial charge < -0.3 is 19.8 Å². The number of amides is 3. The van der Waals surface area contributed by atoms with Gasteiger partial charge in [-0.1, -0.05) is 0 Å². The number of ether oxygens (including phenoxy) is 1. The van der Waals surface area contributed by atoms with Gasteiger partial charge in [-0.2, -0.15) is 0 Å². The third kappa shape index (κ3) is 3.58. The quantitative estimate of drug-likeness (QED) is 0.348. The van der Waals surface area contributed by atoms with Gasteiger partial charge in [0.1, 0.15) is 6.61 Å². The second-order valence-corrected chi connectivity index (χ2v) is 7.87. The van der Waals surface area contributed by atoms with Crippen molar-refractivity contribution in [3.05, 3.63) is 23.8 Å². The molecular weight excluding hydrogens is 350 g/mol. The summed E-state index contributed by atoms with van der Waals surface area (Å²) < 4.78 is 4.73. The molecule has 10 heteroatoms. The number of benzene rings is 1. The Kier molecular flexibility index (Phi) is 4.38. The standard InChI is InChI=1S/C15H17N3O6S/c1-15(6-18-11(21)5-12(18)25-15)7-24-14(23)17-16-13(22)8-2-3-9(19)10(20)4-8/h2-4,12,19-20H,5-7H2,1H3,(H,16,22)(H,17,23)/t12-,15-/m1/s1. The summed E-state index contributed by atoms with van der Waals surface area (Å²) in [6.45, 7) is 2.53. The minimum atomic E-state index is -0.834. The number of phenols is 2. The van der Waals surface area contributed by atoms with Gasteiger partial charge in [-0.15, -0.1) is 11.8 Å². The second-order valence-electron chi connectivity index (χ2n) is 6.11. The third-order valence-electron chi connectivity index (χ3n) is 3.97. The molecule has 0 aromatic heterocycles. The maximum atomic E-state index is 11.8. The van der Waals surface area contributed by atoms with E-state index >= 15 is 0 Å². The number of aromatic hydroxyl groups is 2. The highest BCUT2D eigenvalue weighted by atomic mass is 32.2. The molecule has 2 aliphatic heterocycles. The lowest BCUT2D eigenvalue weighted by Crippen LogP contribution is -2.48. The summed E-state index contributed by atoms with van der Waals surface area (Å²) in [4.78, 5) is 36.7. The van der Waals surface area contributed by atoms with Crippen molar-refractivity contribution in [1.29, 1.82) is 0 Å². The zero-order chi connectivity index (χ0) is 18.2. The van der Waals surface area contributed by atoms with Crippen molar-refractivity contribution in [2.45, 2.75) is 23.5 Å². The minimum Gasteiger partial charge on any atom is -0.504 e. The van der Waals surface area contributed by atoms with Crippen molar-refractivity contribution in [3.8, 4) is 11.5 Å². The van der Waals surface area contributed by atoms with Crippen LogP contribution in [0, 0.1) is 0 Å². The van der Waals surface area contributed by atoms with Crippen LogP contribution < -0.4 is 10.9 Å². The van der Waals surface area contributed by atoms with E-state index in [2.05, 4.69) is 10.9 Å². The number of rotatable bonds is 3. The van der Waals surface area contributed by atoms with Crippen LogP contribution in [0.25, 0.3) is 0 Å². The Bertz CT molecular complexity index is 742. The summed E-state index contributed by atoms with van der Waals surface area (Å²) in [5.41, 5.74) is 4.30. The molecule has 134 valence electrons. The summed E-state index contributed by atoms with van der Waals surface area (Å²) >= 11 is 1.59. The van der Waals surface area contributed by atoms with Gasteiger partial charge in [0.15, 0.2) is 11.5 Å². The first-order valence-corrected chi connectivity index (χ1v) is 8.38. The fourth-order valence-electron chi connectivity index (χ4n) is 2.62. The van der Waals surface area contributed by atoms with Crippen LogP contribution in [0.15, 0.2) is 18.2 Å². The molecule has 0 radical (unpaired) electrons. The lowest BCUT2D eigenvalue weighted by molar-refractivity contribution is -0.140. The maximum Gasteiger partial charge on any atom is 0.426 e. The molecule has 3 amide bonds.